The second-order valence-corrected chi connectivity index (χ2v) is 5.55. The number of nitrogens with two attached hydrogens (primary N) is 1. The van der Waals surface area contributed by atoms with E-state index in [1.807, 2.05) is 6.92 Å². The van der Waals surface area contributed by atoms with Crippen molar-refractivity contribution in [2.75, 3.05) is 6.54 Å². The minimum Gasteiger partial charge on any atom is -0.507 e. The highest BCUT2D eigenvalue weighted by molar-refractivity contribution is 5.53. The van der Waals surface area contributed by atoms with Gasteiger partial charge in [0.05, 0.1) is 0 Å². The molecule has 0 aromatic heterocycles. The van der Waals surface area contributed by atoms with Gasteiger partial charge in [-0.15, -0.1) is 0 Å². The van der Waals surface area contributed by atoms with Crippen molar-refractivity contribution in [2.24, 2.45) is 5.73 Å². The molecule has 0 radical (unpaired) electrons. The summed E-state index contributed by atoms with van der Waals surface area (Å²) in [6.07, 6.45) is 4.67. The molecule has 17 heavy (non-hydrogen) atoms. The molecule has 1 aliphatic carbocycles. The van der Waals surface area contributed by atoms with Gasteiger partial charge in [-0.25, -0.2) is 0 Å². The Kier molecular flexibility index (Phi) is 3.17. The molecule has 0 bridgehead atoms. The fraction of sp³-hybridized carbons (Fsp3) is 0.600. The van der Waals surface area contributed by atoms with Crippen LogP contribution in [-0.2, 0) is 5.41 Å². The van der Waals surface area contributed by atoms with Crippen molar-refractivity contribution in [3.05, 3.63) is 28.3 Å². The standard InChI is InChI=1S/C15H23NO/c1-10-8-11(2)13(14(17)12(10)3)15(9-16)6-4-5-7-15/h8,17H,4-7,9,16H2,1-3H3. The molecule has 0 heterocycles. The number of hydrogen-bond acceptors (Lipinski definition) is 2. The average molecular weight is 233 g/mol. The van der Waals surface area contributed by atoms with Gasteiger partial charge in [0.25, 0.3) is 0 Å². The molecule has 1 fully saturated rings. The van der Waals surface area contributed by atoms with E-state index in [4.69, 9.17) is 5.73 Å². The molecule has 0 saturated heterocycles. The largest absolute Gasteiger partial charge is 0.507 e. The summed E-state index contributed by atoms with van der Waals surface area (Å²) in [4.78, 5) is 0. The summed E-state index contributed by atoms with van der Waals surface area (Å²) in [5, 5.41) is 10.5. The molecule has 2 nitrogen and oxygen atoms in total. The highest BCUT2D eigenvalue weighted by Crippen LogP contribution is 2.46. The predicted molar refractivity (Wildman–Crippen MR) is 71.5 cm³/mol. The van der Waals surface area contributed by atoms with E-state index < -0.39 is 0 Å². The third-order valence-electron chi connectivity index (χ3n) is 4.49. The molecule has 0 atom stereocenters. The molecule has 0 unspecified atom stereocenters. The van der Waals surface area contributed by atoms with E-state index in [1.165, 1.54) is 18.4 Å². The van der Waals surface area contributed by atoms with E-state index in [0.717, 1.165) is 29.5 Å². The smallest absolute Gasteiger partial charge is 0.122 e. The van der Waals surface area contributed by atoms with Crippen LogP contribution in [-0.4, -0.2) is 11.7 Å². The third kappa shape index (κ3) is 1.85. The lowest BCUT2D eigenvalue weighted by Crippen LogP contribution is -2.33. The fourth-order valence-corrected chi connectivity index (χ4v) is 3.34. The summed E-state index contributed by atoms with van der Waals surface area (Å²) < 4.78 is 0. The summed E-state index contributed by atoms with van der Waals surface area (Å²) >= 11 is 0. The van der Waals surface area contributed by atoms with Crippen molar-refractivity contribution in [2.45, 2.75) is 51.9 Å². The number of phenolic OH excluding ortho intramolecular Hbond substituents is 1. The van der Waals surface area contributed by atoms with Gasteiger partial charge >= 0.3 is 0 Å². The molecular formula is C15H23NO. The van der Waals surface area contributed by atoms with Crippen molar-refractivity contribution in [3.8, 4) is 5.75 Å². The molecule has 1 saturated carbocycles. The number of rotatable bonds is 2. The normalized spacial score (nSPS) is 18.6. The summed E-state index contributed by atoms with van der Waals surface area (Å²) in [5.74, 6) is 0.481. The first-order valence-electron chi connectivity index (χ1n) is 6.52. The Balaban J connectivity index is 2.62. The lowest BCUT2D eigenvalue weighted by molar-refractivity contribution is 0.401. The van der Waals surface area contributed by atoms with Crippen LogP contribution in [0.15, 0.2) is 6.07 Å². The molecule has 94 valence electrons. The highest BCUT2D eigenvalue weighted by atomic mass is 16.3. The Bertz CT molecular complexity index is 431. The van der Waals surface area contributed by atoms with Crippen molar-refractivity contribution in [3.63, 3.8) is 0 Å². The molecule has 0 aliphatic heterocycles. The zero-order valence-electron chi connectivity index (χ0n) is 11.1. The maximum Gasteiger partial charge on any atom is 0.122 e. The van der Waals surface area contributed by atoms with Crippen LogP contribution in [0.25, 0.3) is 0 Å². The zero-order chi connectivity index (χ0) is 12.6. The van der Waals surface area contributed by atoms with Crippen LogP contribution in [0.3, 0.4) is 0 Å². The van der Waals surface area contributed by atoms with E-state index in [2.05, 4.69) is 19.9 Å². The molecule has 1 aromatic rings. The molecule has 2 rings (SSSR count). The predicted octanol–water partition coefficient (Wildman–Crippen LogP) is 3.09. The van der Waals surface area contributed by atoms with Crippen molar-refractivity contribution < 1.29 is 5.11 Å². The Hall–Kier alpha value is -1.02. The van der Waals surface area contributed by atoms with Crippen LogP contribution < -0.4 is 5.73 Å². The summed E-state index contributed by atoms with van der Waals surface area (Å²) in [7, 11) is 0. The van der Waals surface area contributed by atoms with Gasteiger partial charge in [0.2, 0.25) is 0 Å². The van der Waals surface area contributed by atoms with Crippen LogP contribution in [0.5, 0.6) is 5.75 Å². The van der Waals surface area contributed by atoms with Crippen LogP contribution in [0.4, 0.5) is 0 Å². The number of hydrogen-bond donors (Lipinski definition) is 2. The molecule has 0 amide bonds. The lowest BCUT2D eigenvalue weighted by Gasteiger charge is -2.31. The average Bonchev–Trinajstić information content (AvgIpc) is 2.76. The van der Waals surface area contributed by atoms with Crippen LogP contribution in [0.1, 0.15) is 47.9 Å². The SMILES string of the molecule is Cc1cc(C)c(C2(CN)CCCC2)c(O)c1C. The second-order valence-electron chi connectivity index (χ2n) is 5.55. The number of benzene rings is 1. The molecule has 3 N–H and O–H groups in total. The van der Waals surface area contributed by atoms with Gasteiger partial charge in [0, 0.05) is 17.5 Å². The Morgan fingerprint density at radius 3 is 2.29 bits per heavy atom. The molecule has 2 heteroatoms. The first-order valence-corrected chi connectivity index (χ1v) is 6.52. The van der Waals surface area contributed by atoms with E-state index in [1.54, 1.807) is 0 Å². The summed E-state index contributed by atoms with van der Waals surface area (Å²) in [5.41, 5.74) is 10.5. The van der Waals surface area contributed by atoms with E-state index >= 15 is 0 Å². The first kappa shape index (κ1) is 12.4. The van der Waals surface area contributed by atoms with Crippen molar-refractivity contribution in [1.82, 2.24) is 0 Å². The third-order valence-corrected chi connectivity index (χ3v) is 4.49. The highest BCUT2D eigenvalue weighted by Gasteiger charge is 2.38. The van der Waals surface area contributed by atoms with Gasteiger partial charge in [-0.1, -0.05) is 18.9 Å². The van der Waals surface area contributed by atoms with Gasteiger partial charge in [-0.2, -0.15) is 0 Å². The van der Waals surface area contributed by atoms with Crippen molar-refractivity contribution >= 4 is 0 Å². The second kappa shape index (κ2) is 4.34. The van der Waals surface area contributed by atoms with Crippen LogP contribution in [0.2, 0.25) is 0 Å². The van der Waals surface area contributed by atoms with Gasteiger partial charge in [-0.3, -0.25) is 0 Å². The van der Waals surface area contributed by atoms with Gasteiger partial charge in [0.15, 0.2) is 0 Å². The Morgan fingerprint density at radius 2 is 1.76 bits per heavy atom. The minimum atomic E-state index is 0.0205. The minimum absolute atomic E-state index is 0.0205. The van der Waals surface area contributed by atoms with E-state index in [9.17, 15) is 5.11 Å². The zero-order valence-corrected chi connectivity index (χ0v) is 11.1. The fourth-order valence-electron chi connectivity index (χ4n) is 3.34. The van der Waals surface area contributed by atoms with Gasteiger partial charge in [0.1, 0.15) is 5.75 Å². The maximum absolute atomic E-state index is 10.5. The molecule has 1 aromatic carbocycles. The Labute approximate surface area is 104 Å². The molecule has 1 aliphatic rings. The summed E-state index contributed by atoms with van der Waals surface area (Å²) in [6.45, 7) is 6.78. The first-order chi connectivity index (χ1) is 8.02. The lowest BCUT2D eigenvalue weighted by atomic mass is 9.75. The molecule has 0 spiro atoms. The quantitative estimate of drug-likeness (QED) is 0.824. The van der Waals surface area contributed by atoms with Crippen molar-refractivity contribution in [1.29, 1.82) is 0 Å². The van der Waals surface area contributed by atoms with E-state index in [-0.39, 0.29) is 5.41 Å². The van der Waals surface area contributed by atoms with Crippen LogP contribution in [0, 0.1) is 20.8 Å². The van der Waals surface area contributed by atoms with Crippen LogP contribution >= 0.6 is 0 Å². The monoisotopic (exact) mass is 233 g/mol. The molecular weight excluding hydrogens is 210 g/mol. The topological polar surface area (TPSA) is 46.2 Å². The van der Waals surface area contributed by atoms with E-state index in [0.29, 0.717) is 12.3 Å². The Morgan fingerprint density at radius 1 is 1.18 bits per heavy atom. The number of aryl methyl sites for hydroxylation is 2. The van der Waals surface area contributed by atoms with Gasteiger partial charge < -0.3 is 10.8 Å². The number of aromatic hydroxyl groups is 1. The summed E-state index contributed by atoms with van der Waals surface area (Å²) in [6, 6.07) is 2.18. The van der Waals surface area contributed by atoms with Gasteiger partial charge in [-0.05, 0) is 50.3 Å². The maximum atomic E-state index is 10.5. The number of phenols is 1.